The number of aryl methyl sites for hydroxylation is 1. The summed E-state index contributed by atoms with van der Waals surface area (Å²) in [4.78, 5) is 16.3. The molecule has 22 heavy (non-hydrogen) atoms. The average molecular weight is 296 g/mol. The van der Waals surface area contributed by atoms with E-state index >= 15 is 0 Å². The van der Waals surface area contributed by atoms with Crippen LogP contribution in [0.2, 0.25) is 0 Å². The largest absolute Gasteiger partial charge is 0.461 e. The van der Waals surface area contributed by atoms with Crippen molar-refractivity contribution in [1.29, 1.82) is 0 Å². The topological polar surface area (TPSA) is 44.1 Å². The zero-order valence-corrected chi connectivity index (χ0v) is 13.1. The van der Waals surface area contributed by atoms with Crippen LogP contribution in [0, 0.1) is 6.92 Å². The first-order valence-electron chi connectivity index (χ1n) is 7.63. The molecule has 2 aromatic rings. The van der Waals surface area contributed by atoms with E-state index in [1.807, 2.05) is 10.6 Å². The van der Waals surface area contributed by atoms with Gasteiger partial charge < -0.3 is 9.30 Å². The molecule has 4 heteroatoms. The average Bonchev–Trinajstić information content (AvgIpc) is 2.94. The molecule has 1 aromatic carbocycles. The fraction of sp³-hybridized carbons (Fsp3) is 0.333. The monoisotopic (exact) mass is 296 g/mol. The number of benzene rings is 1. The van der Waals surface area contributed by atoms with E-state index in [2.05, 4.69) is 30.6 Å². The van der Waals surface area contributed by atoms with Crippen LogP contribution in [0.25, 0.3) is 5.69 Å². The molecule has 0 spiro atoms. The number of nitrogens with zero attached hydrogens (tertiary/aromatic N) is 2. The van der Waals surface area contributed by atoms with Crippen molar-refractivity contribution >= 4 is 5.97 Å². The molecule has 0 saturated heterocycles. The van der Waals surface area contributed by atoms with Gasteiger partial charge >= 0.3 is 5.97 Å². The summed E-state index contributed by atoms with van der Waals surface area (Å²) in [5.74, 6) is -0.335. The van der Waals surface area contributed by atoms with Crippen molar-refractivity contribution in [2.24, 2.45) is 0 Å². The van der Waals surface area contributed by atoms with E-state index in [1.165, 1.54) is 16.7 Å². The summed E-state index contributed by atoms with van der Waals surface area (Å²) in [5, 5.41) is 0. The van der Waals surface area contributed by atoms with Crippen molar-refractivity contribution in [3.63, 3.8) is 0 Å². The maximum Gasteiger partial charge on any atom is 0.358 e. The van der Waals surface area contributed by atoms with Gasteiger partial charge in [0.05, 0.1) is 18.0 Å². The first-order chi connectivity index (χ1) is 10.7. The molecule has 0 amide bonds. The van der Waals surface area contributed by atoms with Crippen molar-refractivity contribution in [3.05, 3.63) is 59.2 Å². The van der Waals surface area contributed by atoms with Gasteiger partial charge in [0.15, 0.2) is 5.69 Å². The number of ether oxygens (including phenoxy) is 1. The van der Waals surface area contributed by atoms with E-state index in [1.54, 1.807) is 13.3 Å². The fourth-order valence-corrected chi connectivity index (χ4v) is 3.16. The Morgan fingerprint density at radius 3 is 3.00 bits per heavy atom. The van der Waals surface area contributed by atoms with E-state index in [4.69, 9.17) is 4.74 Å². The summed E-state index contributed by atoms with van der Waals surface area (Å²) < 4.78 is 7.12. The van der Waals surface area contributed by atoms with E-state index in [-0.39, 0.29) is 5.97 Å². The Hall–Kier alpha value is -2.36. The quantitative estimate of drug-likeness (QED) is 0.643. The van der Waals surface area contributed by atoms with Crippen LogP contribution in [0.1, 0.15) is 39.8 Å². The van der Waals surface area contributed by atoms with Gasteiger partial charge in [-0.05, 0) is 55.9 Å². The Kier molecular flexibility index (Phi) is 3.84. The van der Waals surface area contributed by atoms with Gasteiger partial charge in [-0.3, -0.25) is 0 Å². The minimum atomic E-state index is -0.335. The first-order valence-corrected chi connectivity index (χ1v) is 7.63. The number of esters is 1. The predicted molar refractivity (Wildman–Crippen MR) is 85.6 cm³/mol. The third kappa shape index (κ3) is 2.25. The second-order valence-electron chi connectivity index (χ2n) is 5.48. The Bertz CT molecular complexity index is 744. The maximum atomic E-state index is 12.0. The Labute approximate surface area is 130 Å². The van der Waals surface area contributed by atoms with Crippen molar-refractivity contribution in [2.75, 3.05) is 6.61 Å². The molecular weight excluding hydrogens is 276 g/mol. The number of hydrogen-bond acceptors (Lipinski definition) is 3. The second-order valence-corrected chi connectivity index (χ2v) is 5.48. The van der Waals surface area contributed by atoms with E-state index in [0.717, 1.165) is 30.6 Å². The lowest BCUT2D eigenvalue weighted by Gasteiger charge is -2.23. The molecule has 2 heterocycles. The normalized spacial score (nSPS) is 12.5. The molecule has 1 aromatic heterocycles. The third-order valence-electron chi connectivity index (χ3n) is 4.20. The van der Waals surface area contributed by atoms with Gasteiger partial charge in [-0.2, -0.15) is 0 Å². The number of carbonyl (C=O) groups excluding carboxylic acids is 1. The van der Waals surface area contributed by atoms with Crippen molar-refractivity contribution in [1.82, 2.24) is 9.55 Å². The molecule has 0 unspecified atom stereocenters. The van der Waals surface area contributed by atoms with Crippen LogP contribution in [0.15, 0.2) is 31.1 Å². The Balaban J connectivity index is 2.10. The third-order valence-corrected chi connectivity index (χ3v) is 4.20. The smallest absolute Gasteiger partial charge is 0.358 e. The molecule has 0 N–H and O–H groups in total. The van der Waals surface area contributed by atoms with Crippen molar-refractivity contribution in [2.45, 2.75) is 33.1 Å². The minimum Gasteiger partial charge on any atom is -0.461 e. The van der Waals surface area contributed by atoms with Crippen LogP contribution in [0.3, 0.4) is 0 Å². The Morgan fingerprint density at radius 1 is 1.45 bits per heavy atom. The lowest BCUT2D eigenvalue weighted by molar-refractivity contribution is 0.0518. The van der Waals surface area contributed by atoms with Crippen LogP contribution in [-0.4, -0.2) is 22.1 Å². The van der Waals surface area contributed by atoms with Crippen LogP contribution in [0.5, 0.6) is 0 Å². The number of carbonyl (C=O) groups is 1. The van der Waals surface area contributed by atoms with E-state index in [9.17, 15) is 4.79 Å². The van der Waals surface area contributed by atoms with Crippen LogP contribution >= 0.6 is 0 Å². The molecular formula is C18H20N2O2. The molecule has 1 aliphatic heterocycles. The highest BCUT2D eigenvalue weighted by atomic mass is 16.5. The second kappa shape index (κ2) is 5.79. The van der Waals surface area contributed by atoms with Gasteiger partial charge in [-0.1, -0.05) is 12.1 Å². The summed E-state index contributed by atoms with van der Waals surface area (Å²) in [6.45, 7) is 8.16. The molecule has 0 saturated carbocycles. The van der Waals surface area contributed by atoms with E-state index < -0.39 is 0 Å². The zero-order chi connectivity index (χ0) is 15.7. The summed E-state index contributed by atoms with van der Waals surface area (Å²) >= 11 is 0. The lowest BCUT2D eigenvalue weighted by atomic mass is 9.91. The molecule has 114 valence electrons. The molecule has 3 rings (SSSR count). The van der Waals surface area contributed by atoms with Gasteiger partial charge in [0.25, 0.3) is 0 Å². The predicted octanol–water partition coefficient (Wildman–Crippen LogP) is 3.18. The SMILES string of the molecule is C=CCc1c(C)ccc2c1CCc1c(C(=O)OCC)ncn1-2. The summed E-state index contributed by atoms with van der Waals surface area (Å²) in [7, 11) is 0. The highest BCUT2D eigenvalue weighted by Gasteiger charge is 2.25. The number of allylic oxidation sites excluding steroid dienone is 1. The molecule has 4 nitrogen and oxygen atoms in total. The van der Waals surface area contributed by atoms with Crippen LogP contribution in [-0.2, 0) is 24.0 Å². The first kappa shape index (κ1) is 14.6. The van der Waals surface area contributed by atoms with Crippen molar-refractivity contribution in [3.8, 4) is 5.69 Å². The molecule has 0 radical (unpaired) electrons. The molecule has 0 fully saturated rings. The van der Waals surface area contributed by atoms with E-state index in [0.29, 0.717) is 12.3 Å². The number of hydrogen-bond donors (Lipinski definition) is 0. The summed E-state index contributed by atoms with van der Waals surface area (Å²) in [6, 6.07) is 4.23. The molecule has 0 aliphatic carbocycles. The summed E-state index contributed by atoms with van der Waals surface area (Å²) in [6.07, 6.45) is 6.25. The summed E-state index contributed by atoms with van der Waals surface area (Å²) in [5.41, 5.74) is 6.46. The van der Waals surface area contributed by atoms with Gasteiger partial charge in [0, 0.05) is 0 Å². The number of aromatic nitrogens is 2. The lowest BCUT2D eigenvalue weighted by Crippen LogP contribution is -2.17. The van der Waals surface area contributed by atoms with Gasteiger partial charge in [0.1, 0.15) is 6.33 Å². The fourth-order valence-electron chi connectivity index (χ4n) is 3.16. The highest BCUT2D eigenvalue weighted by Crippen LogP contribution is 2.31. The van der Waals surface area contributed by atoms with Gasteiger partial charge in [0.2, 0.25) is 0 Å². The minimum absolute atomic E-state index is 0.335. The molecule has 0 atom stereocenters. The highest BCUT2D eigenvalue weighted by molar-refractivity contribution is 5.89. The molecule has 0 bridgehead atoms. The standard InChI is InChI=1S/C18H20N2O2/c1-4-6-13-12(3)7-9-15-14(13)8-10-16-17(18(21)22-5-2)19-11-20(15)16/h4,7,9,11H,1,5-6,8,10H2,2-3H3. The molecule has 1 aliphatic rings. The van der Waals surface area contributed by atoms with Gasteiger partial charge in [-0.25, -0.2) is 9.78 Å². The number of fused-ring (bicyclic) bond motifs is 3. The number of imidazole rings is 1. The van der Waals surface area contributed by atoms with Crippen LogP contribution < -0.4 is 0 Å². The van der Waals surface area contributed by atoms with Gasteiger partial charge in [-0.15, -0.1) is 6.58 Å². The number of rotatable bonds is 4. The van der Waals surface area contributed by atoms with Crippen LogP contribution in [0.4, 0.5) is 0 Å². The zero-order valence-electron chi connectivity index (χ0n) is 13.1. The maximum absolute atomic E-state index is 12.0. The van der Waals surface area contributed by atoms with Crippen molar-refractivity contribution < 1.29 is 9.53 Å². The Morgan fingerprint density at radius 2 is 2.27 bits per heavy atom.